The molecule has 0 saturated carbocycles. The lowest BCUT2D eigenvalue weighted by Gasteiger charge is -2.09. The van der Waals surface area contributed by atoms with Crippen molar-refractivity contribution in [1.29, 1.82) is 5.26 Å². The molecule has 0 aliphatic carbocycles. The maximum absolute atomic E-state index is 12.4. The zero-order chi connectivity index (χ0) is 21.3. The number of nitrogens with zero attached hydrogens (tertiary/aromatic N) is 2. The first-order chi connectivity index (χ1) is 14.6. The number of benzene rings is 2. The van der Waals surface area contributed by atoms with E-state index in [-0.39, 0.29) is 18.3 Å². The van der Waals surface area contributed by atoms with Crippen molar-refractivity contribution >= 4 is 29.3 Å². The monoisotopic (exact) mass is 417 g/mol. The van der Waals surface area contributed by atoms with Crippen LogP contribution in [0.5, 0.6) is 0 Å². The normalized spacial score (nSPS) is 10.1. The number of hydrogen-bond acceptors (Lipinski definition) is 6. The SMILES string of the molecule is CCOC(=O)c1cccc(NC(=O)CSc2nc(-c3ccccc3)ccc2C#N)c1. The van der Waals surface area contributed by atoms with Crippen molar-refractivity contribution in [3.05, 3.63) is 77.9 Å². The maximum Gasteiger partial charge on any atom is 0.338 e. The van der Waals surface area contributed by atoms with Gasteiger partial charge in [0.15, 0.2) is 0 Å². The van der Waals surface area contributed by atoms with Crippen LogP contribution in [-0.2, 0) is 9.53 Å². The van der Waals surface area contributed by atoms with Crippen molar-refractivity contribution in [2.75, 3.05) is 17.7 Å². The topological polar surface area (TPSA) is 92.1 Å². The minimum absolute atomic E-state index is 0.0730. The van der Waals surface area contributed by atoms with Gasteiger partial charge < -0.3 is 10.1 Å². The average Bonchev–Trinajstić information content (AvgIpc) is 2.78. The highest BCUT2D eigenvalue weighted by Crippen LogP contribution is 2.25. The third-order valence-corrected chi connectivity index (χ3v) is 5.04. The Morgan fingerprint density at radius 1 is 1.10 bits per heavy atom. The Balaban J connectivity index is 1.68. The molecule has 0 spiro atoms. The van der Waals surface area contributed by atoms with Crippen LogP contribution >= 0.6 is 11.8 Å². The predicted molar refractivity (Wildman–Crippen MR) is 116 cm³/mol. The Labute approximate surface area is 178 Å². The van der Waals surface area contributed by atoms with E-state index in [0.29, 0.717) is 21.8 Å². The summed E-state index contributed by atoms with van der Waals surface area (Å²) in [5.74, 6) is -0.635. The number of pyridine rings is 1. The molecule has 150 valence electrons. The summed E-state index contributed by atoms with van der Waals surface area (Å²) in [6.45, 7) is 2.01. The molecule has 1 amide bonds. The standard InChI is InChI=1S/C23H19N3O3S/c1-2-29-23(28)17-9-6-10-19(13-17)25-21(27)15-30-22-18(14-24)11-12-20(26-22)16-7-4-3-5-8-16/h3-13H,2,15H2,1H3,(H,25,27). The number of anilines is 1. The number of nitrogens with one attached hydrogen (secondary N) is 1. The summed E-state index contributed by atoms with van der Waals surface area (Å²) in [5.41, 5.74) is 2.95. The Kier molecular flexibility index (Phi) is 7.19. The molecule has 0 aliphatic rings. The minimum Gasteiger partial charge on any atom is -0.462 e. The highest BCUT2D eigenvalue weighted by atomic mass is 32.2. The summed E-state index contributed by atoms with van der Waals surface area (Å²) in [4.78, 5) is 28.8. The molecule has 1 N–H and O–H groups in total. The number of ether oxygens (including phenoxy) is 1. The number of rotatable bonds is 7. The maximum atomic E-state index is 12.4. The molecule has 30 heavy (non-hydrogen) atoms. The third kappa shape index (κ3) is 5.46. The first-order valence-corrected chi connectivity index (χ1v) is 10.3. The van der Waals surface area contributed by atoms with Gasteiger partial charge in [0.2, 0.25) is 5.91 Å². The number of hydrogen-bond donors (Lipinski definition) is 1. The highest BCUT2D eigenvalue weighted by molar-refractivity contribution is 8.00. The van der Waals surface area contributed by atoms with Gasteiger partial charge in [-0.2, -0.15) is 5.26 Å². The molecule has 0 unspecified atom stereocenters. The lowest BCUT2D eigenvalue weighted by molar-refractivity contribution is -0.113. The van der Waals surface area contributed by atoms with E-state index < -0.39 is 5.97 Å². The Bertz CT molecular complexity index is 1090. The Morgan fingerprint density at radius 3 is 2.63 bits per heavy atom. The highest BCUT2D eigenvalue weighted by Gasteiger charge is 2.12. The Hall–Kier alpha value is -3.63. The second kappa shape index (κ2) is 10.2. The molecule has 6 nitrogen and oxygen atoms in total. The van der Waals surface area contributed by atoms with Crippen molar-refractivity contribution in [3.63, 3.8) is 0 Å². The molecule has 0 atom stereocenters. The van der Waals surface area contributed by atoms with Gasteiger partial charge in [-0.25, -0.2) is 9.78 Å². The molecule has 0 aliphatic heterocycles. The van der Waals surface area contributed by atoms with Gasteiger partial charge in [0.25, 0.3) is 0 Å². The molecule has 2 aromatic carbocycles. The van der Waals surface area contributed by atoms with E-state index in [1.54, 1.807) is 43.3 Å². The summed E-state index contributed by atoms with van der Waals surface area (Å²) >= 11 is 1.19. The molecule has 7 heteroatoms. The molecule has 0 saturated heterocycles. The molecule has 1 heterocycles. The van der Waals surface area contributed by atoms with Crippen molar-refractivity contribution in [2.45, 2.75) is 11.9 Å². The lowest BCUT2D eigenvalue weighted by atomic mass is 10.1. The van der Waals surface area contributed by atoms with E-state index in [0.717, 1.165) is 11.3 Å². The zero-order valence-electron chi connectivity index (χ0n) is 16.3. The van der Waals surface area contributed by atoms with Crippen LogP contribution < -0.4 is 5.32 Å². The van der Waals surface area contributed by atoms with Crippen LogP contribution in [0.2, 0.25) is 0 Å². The van der Waals surface area contributed by atoms with Crippen LogP contribution in [-0.4, -0.2) is 29.2 Å². The zero-order valence-corrected chi connectivity index (χ0v) is 17.1. The number of carbonyl (C=O) groups is 2. The summed E-state index contributed by atoms with van der Waals surface area (Å²) in [6.07, 6.45) is 0. The number of carbonyl (C=O) groups excluding carboxylic acids is 2. The molecule has 3 aromatic rings. The first kappa shape index (κ1) is 21.1. The third-order valence-electron chi connectivity index (χ3n) is 4.05. The number of nitriles is 1. The summed E-state index contributed by atoms with van der Waals surface area (Å²) < 4.78 is 4.97. The fourth-order valence-electron chi connectivity index (χ4n) is 2.67. The van der Waals surface area contributed by atoms with Gasteiger partial charge in [0, 0.05) is 11.3 Å². The second-order valence-electron chi connectivity index (χ2n) is 6.17. The number of thioether (sulfide) groups is 1. The minimum atomic E-state index is -0.441. The van der Waals surface area contributed by atoms with Gasteiger partial charge in [-0.3, -0.25) is 4.79 Å². The van der Waals surface area contributed by atoms with Gasteiger partial charge in [-0.15, -0.1) is 0 Å². The van der Waals surface area contributed by atoms with Crippen LogP contribution in [0, 0.1) is 11.3 Å². The van der Waals surface area contributed by atoms with Crippen molar-refractivity contribution in [2.24, 2.45) is 0 Å². The summed E-state index contributed by atoms with van der Waals surface area (Å²) in [5, 5.41) is 12.6. The second-order valence-corrected chi connectivity index (χ2v) is 7.13. The largest absolute Gasteiger partial charge is 0.462 e. The van der Waals surface area contributed by atoms with Crippen LogP contribution in [0.25, 0.3) is 11.3 Å². The molecule has 0 fully saturated rings. The quantitative estimate of drug-likeness (QED) is 0.449. The van der Waals surface area contributed by atoms with Gasteiger partial charge in [0.05, 0.1) is 29.2 Å². The van der Waals surface area contributed by atoms with Gasteiger partial charge in [-0.05, 0) is 37.3 Å². The van der Waals surface area contributed by atoms with E-state index in [1.807, 2.05) is 30.3 Å². The Morgan fingerprint density at radius 2 is 1.90 bits per heavy atom. The van der Waals surface area contributed by atoms with Crippen LogP contribution in [0.3, 0.4) is 0 Å². The van der Waals surface area contributed by atoms with Gasteiger partial charge in [0.1, 0.15) is 11.1 Å². The van der Waals surface area contributed by atoms with Gasteiger partial charge >= 0.3 is 5.97 Å². The van der Waals surface area contributed by atoms with E-state index >= 15 is 0 Å². The number of esters is 1. The van der Waals surface area contributed by atoms with Crippen LogP contribution in [0.1, 0.15) is 22.8 Å². The lowest BCUT2D eigenvalue weighted by Crippen LogP contribution is -2.15. The smallest absolute Gasteiger partial charge is 0.338 e. The van der Waals surface area contributed by atoms with E-state index in [2.05, 4.69) is 16.4 Å². The van der Waals surface area contributed by atoms with Crippen molar-refractivity contribution in [3.8, 4) is 17.3 Å². The molecule has 3 rings (SSSR count). The summed E-state index contributed by atoms with van der Waals surface area (Å²) in [7, 11) is 0. The van der Waals surface area contributed by atoms with E-state index in [4.69, 9.17) is 4.74 Å². The predicted octanol–water partition coefficient (Wildman–Crippen LogP) is 4.53. The molecular weight excluding hydrogens is 398 g/mol. The number of amides is 1. The van der Waals surface area contributed by atoms with E-state index in [9.17, 15) is 14.9 Å². The number of aromatic nitrogens is 1. The fourth-order valence-corrected chi connectivity index (χ4v) is 3.45. The summed E-state index contributed by atoms with van der Waals surface area (Å²) in [6, 6.07) is 21.8. The molecule has 0 radical (unpaired) electrons. The van der Waals surface area contributed by atoms with Gasteiger partial charge in [-0.1, -0.05) is 48.2 Å². The fraction of sp³-hybridized carbons (Fsp3) is 0.130. The molecule has 0 bridgehead atoms. The average molecular weight is 417 g/mol. The molecular formula is C23H19N3O3S. The molecule has 1 aromatic heterocycles. The van der Waals surface area contributed by atoms with E-state index in [1.165, 1.54) is 11.8 Å². The van der Waals surface area contributed by atoms with Crippen LogP contribution in [0.4, 0.5) is 5.69 Å². The van der Waals surface area contributed by atoms with Crippen molar-refractivity contribution in [1.82, 2.24) is 4.98 Å². The van der Waals surface area contributed by atoms with Crippen molar-refractivity contribution < 1.29 is 14.3 Å². The van der Waals surface area contributed by atoms with Crippen LogP contribution in [0.15, 0.2) is 71.8 Å². The first-order valence-electron chi connectivity index (χ1n) is 9.27.